The summed E-state index contributed by atoms with van der Waals surface area (Å²) < 4.78 is 22.7. The van der Waals surface area contributed by atoms with Crippen LogP contribution >= 0.6 is 11.8 Å². The topological polar surface area (TPSA) is 114 Å². The molecular formula is C21H22N4O3S2. The smallest absolute Gasteiger partial charge is 0.319 e. The number of sulfonamides is 1. The Morgan fingerprint density at radius 2 is 1.87 bits per heavy atom. The van der Waals surface area contributed by atoms with Crippen LogP contribution in [0.1, 0.15) is 24.1 Å². The van der Waals surface area contributed by atoms with Crippen LogP contribution in [0, 0.1) is 0 Å². The van der Waals surface area contributed by atoms with Gasteiger partial charge in [0.05, 0.1) is 16.0 Å². The average Bonchev–Trinajstić information content (AvgIpc) is 2.72. The zero-order valence-corrected chi connectivity index (χ0v) is 17.9. The first-order valence-corrected chi connectivity index (χ1v) is 11.7. The number of carbonyl (C=O) groups excluding carboxylic acids is 1. The molecule has 0 spiro atoms. The molecular weight excluding hydrogens is 420 g/mol. The number of hydrogen-bond acceptors (Lipinski definition) is 5. The van der Waals surface area contributed by atoms with Crippen LogP contribution in [0.15, 0.2) is 82.8 Å². The minimum Gasteiger partial charge on any atom is -0.331 e. The molecule has 156 valence electrons. The lowest BCUT2D eigenvalue weighted by Crippen LogP contribution is -2.31. The number of benzene rings is 2. The molecule has 1 unspecified atom stereocenters. The van der Waals surface area contributed by atoms with Gasteiger partial charge in [0, 0.05) is 17.6 Å². The Labute approximate surface area is 180 Å². The number of aromatic nitrogens is 1. The third kappa shape index (κ3) is 6.31. The number of thioether (sulfide) groups is 1. The third-order valence-corrected chi connectivity index (χ3v) is 6.21. The van der Waals surface area contributed by atoms with Gasteiger partial charge < -0.3 is 10.6 Å². The lowest BCUT2D eigenvalue weighted by atomic mass is 10.1. The quantitative estimate of drug-likeness (QED) is 0.480. The highest BCUT2D eigenvalue weighted by Gasteiger charge is 2.12. The summed E-state index contributed by atoms with van der Waals surface area (Å²) in [6, 6.07) is 18.8. The molecule has 2 aromatic carbocycles. The van der Waals surface area contributed by atoms with E-state index in [0.717, 1.165) is 21.9 Å². The van der Waals surface area contributed by atoms with Gasteiger partial charge in [-0.3, -0.25) is 0 Å². The minimum atomic E-state index is -3.74. The van der Waals surface area contributed by atoms with Gasteiger partial charge in [-0.05, 0) is 54.4 Å². The maximum absolute atomic E-state index is 12.4. The van der Waals surface area contributed by atoms with E-state index < -0.39 is 10.0 Å². The van der Waals surface area contributed by atoms with E-state index in [1.54, 1.807) is 30.1 Å². The minimum absolute atomic E-state index is 0.0308. The van der Waals surface area contributed by atoms with Gasteiger partial charge in [0.1, 0.15) is 0 Å². The van der Waals surface area contributed by atoms with Crippen LogP contribution in [-0.4, -0.2) is 19.4 Å². The molecule has 3 aromatic rings. The van der Waals surface area contributed by atoms with Crippen molar-refractivity contribution in [3.8, 4) is 0 Å². The van der Waals surface area contributed by atoms with Crippen LogP contribution in [0.4, 0.5) is 10.5 Å². The van der Waals surface area contributed by atoms with E-state index in [1.165, 1.54) is 12.1 Å². The zero-order valence-electron chi connectivity index (χ0n) is 16.3. The van der Waals surface area contributed by atoms with Gasteiger partial charge in [0.15, 0.2) is 0 Å². The van der Waals surface area contributed by atoms with Crippen molar-refractivity contribution in [3.63, 3.8) is 0 Å². The summed E-state index contributed by atoms with van der Waals surface area (Å²) >= 11 is 1.62. The molecule has 30 heavy (non-hydrogen) atoms. The molecule has 0 saturated heterocycles. The molecule has 1 atom stereocenters. The molecule has 2 amide bonds. The number of amides is 2. The third-order valence-electron chi connectivity index (χ3n) is 4.27. The molecule has 1 aromatic heterocycles. The standard InChI is InChI=1S/C21H22N4O3S2/c1-15(17-8-10-19(11-9-17)30(22,27)28)24-21(26)25-18-6-4-5-16(13-18)14-29-20-7-2-3-12-23-20/h2-13,15H,14H2,1H3,(H2,22,27,28)(H2,24,25,26). The summed E-state index contributed by atoms with van der Waals surface area (Å²) in [7, 11) is -3.74. The predicted octanol–water partition coefficient (Wildman–Crippen LogP) is 3.90. The van der Waals surface area contributed by atoms with E-state index in [9.17, 15) is 13.2 Å². The first-order valence-electron chi connectivity index (χ1n) is 9.14. The Hall–Kier alpha value is -2.88. The number of carbonyl (C=O) groups is 1. The molecule has 9 heteroatoms. The van der Waals surface area contributed by atoms with Gasteiger partial charge in [-0.25, -0.2) is 23.3 Å². The van der Waals surface area contributed by atoms with E-state index in [4.69, 9.17) is 5.14 Å². The molecule has 0 aliphatic carbocycles. The second kappa shape index (κ2) is 9.75. The van der Waals surface area contributed by atoms with Crippen molar-refractivity contribution >= 4 is 33.5 Å². The summed E-state index contributed by atoms with van der Waals surface area (Å²) in [6.07, 6.45) is 1.76. The Balaban J connectivity index is 1.56. The van der Waals surface area contributed by atoms with Crippen LogP contribution in [0.25, 0.3) is 0 Å². The molecule has 1 heterocycles. The molecule has 0 aliphatic rings. The number of hydrogen-bond donors (Lipinski definition) is 3. The number of urea groups is 1. The Kier molecular flexibility index (Phi) is 7.09. The maximum Gasteiger partial charge on any atom is 0.319 e. The van der Waals surface area contributed by atoms with Crippen molar-refractivity contribution in [1.29, 1.82) is 0 Å². The lowest BCUT2D eigenvalue weighted by Gasteiger charge is -2.16. The molecule has 0 bridgehead atoms. The number of nitrogens with two attached hydrogens (primary N) is 1. The summed E-state index contributed by atoms with van der Waals surface area (Å²) in [5.41, 5.74) is 2.51. The van der Waals surface area contributed by atoms with Crippen LogP contribution in [0.5, 0.6) is 0 Å². The van der Waals surface area contributed by atoms with Crippen LogP contribution < -0.4 is 15.8 Å². The second-order valence-electron chi connectivity index (χ2n) is 6.59. The van der Waals surface area contributed by atoms with E-state index >= 15 is 0 Å². The maximum atomic E-state index is 12.4. The number of primary sulfonamides is 1. The molecule has 0 fully saturated rings. The first-order chi connectivity index (χ1) is 14.3. The number of anilines is 1. The Bertz CT molecular complexity index is 1100. The van der Waals surface area contributed by atoms with Crippen LogP contribution in [-0.2, 0) is 15.8 Å². The fourth-order valence-corrected chi connectivity index (χ4v) is 4.04. The van der Waals surface area contributed by atoms with Gasteiger partial charge in [-0.1, -0.05) is 30.3 Å². The highest BCUT2D eigenvalue weighted by molar-refractivity contribution is 7.98. The summed E-state index contributed by atoms with van der Waals surface area (Å²) in [5.74, 6) is 0.737. The molecule has 0 aliphatic heterocycles. The summed E-state index contributed by atoms with van der Waals surface area (Å²) in [4.78, 5) is 16.7. The monoisotopic (exact) mass is 442 g/mol. The van der Waals surface area contributed by atoms with Crippen molar-refractivity contribution in [2.24, 2.45) is 5.14 Å². The zero-order chi connectivity index (χ0) is 21.6. The summed E-state index contributed by atoms with van der Waals surface area (Å²) in [5, 5.41) is 11.7. The van der Waals surface area contributed by atoms with E-state index in [2.05, 4.69) is 15.6 Å². The predicted molar refractivity (Wildman–Crippen MR) is 119 cm³/mol. The van der Waals surface area contributed by atoms with Crippen molar-refractivity contribution in [1.82, 2.24) is 10.3 Å². The van der Waals surface area contributed by atoms with Crippen LogP contribution in [0.3, 0.4) is 0 Å². The van der Waals surface area contributed by atoms with Crippen molar-refractivity contribution in [3.05, 3.63) is 84.1 Å². The molecule has 0 saturated carbocycles. The number of nitrogens with one attached hydrogen (secondary N) is 2. The SMILES string of the molecule is CC(NC(=O)Nc1cccc(CSc2ccccn2)c1)c1ccc(S(N)(=O)=O)cc1. The normalized spacial score (nSPS) is 12.2. The molecule has 4 N–H and O–H groups in total. The van der Waals surface area contributed by atoms with Gasteiger partial charge in [0.25, 0.3) is 0 Å². The fourth-order valence-electron chi connectivity index (χ4n) is 2.72. The lowest BCUT2D eigenvalue weighted by molar-refractivity contribution is 0.249. The van der Waals surface area contributed by atoms with Gasteiger partial charge in [-0.2, -0.15) is 0 Å². The second-order valence-corrected chi connectivity index (χ2v) is 9.15. The fraction of sp³-hybridized carbons (Fsp3) is 0.143. The van der Waals surface area contributed by atoms with Gasteiger partial charge in [-0.15, -0.1) is 11.8 Å². The highest BCUT2D eigenvalue weighted by atomic mass is 32.2. The van der Waals surface area contributed by atoms with Gasteiger partial charge >= 0.3 is 6.03 Å². The molecule has 3 rings (SSSR count). The van der Waals surface area contributed by atoms with Gasteiger partial charge in [0.2, 0.25) is 10.0 Å². The number of nitrogens with zero attached hydrogens (tertiary/aromatic N) is 1. The number of rotatable bonds is 7. The average molecular weight is 443 g/mol. The van der Waals surface area contributed by atoms with Crippen molar-refractivity contribution in [2.45, 2.75) is 28.6 Å². The summed E-state index contributed by atoms with van der Waals surface area (Å²) in [6.45, 7) is 1.81. The Morgan fingerprint density at radius 1 is 1.10 bits per heavy atom. The van der Waals surface area contributed by atoms with E-state index in [-0.39, 0.29) is 17.0 Å². The van der Waals surface area contributed by atoms with E-state index in [1.807, 2.05) is 49.4 Å². The molecule has 0 radical (unpaired) electrons. The molecule has 7 nitrogen and oxygen atoms in total. The van der Waals surface area contributed by atoms with Crippen molar-refractivity contribution < 1.29 is 13.2 Å². The number of pyridine rings is 1. The first kappa shape index (κ1) is 21.8. The van der Waals surface area contributed by atoms with Crippen molar-refractivity contribution in [2.75, 3.05) is 5.32 Å². The largest absolute Gasteiger partial charge is 0.331 e. The van der Waals surface area contributed by atoms with Crippen LogP contribution in [0.2, 0.25) is 0 Å². The Morgan fingerprint density at radius 3 is 2.53 bits per heavy atom. The highest BCUT2D eigenvalue weighted by Crippen LogP contribution is 2.22. The van der Waals surface area contributed by atoms with E-state index in [0.29, 0.717) is 5.69 Å².